The molecule has 0 aliphatic carbocycles. The summed E-state index contributed by atoms with van der Waals surface area (Å²) in [5, 5.41) is 10.4. The van der Waals surface area contributed by atoms with Gasteiger partial charge in [-0.05, 0) is 31.5 Å². The summed E-state index contributed by atoms with van der Waals surface area (Å²) in [7, 11) is -2.26. The average molecular weight is 337 g/mol. The van der Waals surface area contributed by atoms with Gasteiger partial charge < -0.3 is 15.6 Å². The summed E-state index contributed by atoms with van der Waals surface area (Å²) in [6.07, 6.45) is 0.313. The molecule has 0 saturated carbocycles. The van der Waals surface area contributed by atoms with E-state index >= 15 is 0 Å². The van der Waals surface area contributed by atoms with Gasteiger partial charge in [-0.15, -0.1) is 0 Å². The molecule has 1 aromatic rings. The van der Waals surface area contributed by atoms with E-state index in [1.165, 1.54) is 26.2 Å². The summed E-state index contributed by atoms with van der Waals surface area (Å²) in [5.41, 5.74) is 5.25. The minimum atomic E-state index is -3.77. The molecule has 0 spiro atoms. The number of nitrogens with two attached hydrogens (primary N) is 1. The van der Waals surface area contributed by atoms with Crippen molar-refractivity contribution in [2.75, 3.05) is 26.0 Å². The molecule has 1 atom stereocenters. The highest BCUT2D eigenvalue weighted by Crippen LogP contribution is 2.26. The lowest BCUT2D eigenvalue weighted by molar-refractivity contribution is 0.0292. The van der Waals surface area contributed by atoms with Crippen molar-refractivity contribution in [1.82, 2.24) is 4.72 Å². The number of aliphatic hydroxyl groups is 1. The summed E-state index contributed by atoms with van der Waals surface area (Å²) in [6, 6.07) is 2.73. The topological polar surface area (TPSA) is 102 Å². The summed E-state index contributed by atoms with van der Waals surface area (Å²) >= 11 is 5.91. The molecule has 8 heteroatoms. The number of hydrogen-bond donors (Lipinski definition) is 3. The Morgan fingerprint density at radius 1 is 1.48 bits per heavy atom. The van der Waals surface area contributed by atoms with Gasteiger partial charge in [0.1, 0.15) is 0 Å². The summed E-state index contributed by atoms with van der Waals surface area (Å²) in [6.45, 7) is 3.42. The lowest BCUT2D eigenvalue weighted by atomic mass is 10.0. The molecule has 0 aliphatic heterocycles. The number of nitrogen functional groups attached to an aromatic ring is 1. The highest BCUT2D eigenvalue weighted by atomic mass is 35.5. The van der Waals surface area contributed by atoms with Crippen LogP contribution in [0, 0.1) is 6.92 Å². The van der Waals surface area contributed by atoms with Gasteiger partial charge in [-0.25, -0.2) is 13.1 Å². The van der Waals surface area contributed by atoms with Crippen LogP contribution in [0.25, 0.3) is 0 Å². The molecule has 21 heavy (non-hydrogen) atoms. The van der Waals surface area contributed by atoms with E-state index in [0.29, 0.717) is 23.6 Å². The van der Waals surface area contributed by atoms with Gasteiger partial charge in [0.25, 0.3) is 0 Å². The van der Waals surface area contributed by atoms with Crippen LogP contribution in [0.15, 0.2) is 17.0 Å². The number of ether oxygens (including phenoxy) is 1. The van der Waals surface area contributed by atoms with E-state index in [4.69, 9.17) is 22.1 Å². The predicted octanol–water partition coefficient (Wildman–Crippen LogP) is 1.30. The number of methoxy groups -OCH3 is 1. The van der Waals surface area contributed by atoms with Crippen molar-refractivity contribution in [2.24, 2.45) is 0 Å². The van der Waals surface area contributed by atoms with Gasteiger partial charge in [0.05, 0.1) is 21.2 Å². The Hall–Kier alpha value is -0.860. The number of halogens is 1. The molecule has 0 radical (unpaired) electrons. The molecular formula is C13H21ClN2O4S. The molecular weight excluding hydrogens is 316 g/mol. The number of benzene rings is 1. The first-order valence-corrected chi connectivity index (χ1v) is 8.22. The Morgan fingerprint density at radius 3 is 2.62 bits per heavy atom. The van der Waals surface area contributed by atoms with E-state index in [0.717, 1.165) is 0 Å². The Morgan fingerprint density at radius 2 is 2.10 bits per heavy atom. The smallest absolute Gasteiger partial charge is 0.240 e. The van der Waals surface area contributed by atoms with Crippen LogP contribution in [-0.4, -0.2) is 39.4 Å². The number of rotatable bonds is 7. The molecule has 1 aromatic carbocycles. The molecule has 1 rings (SSSR count). The summed E-state index contributed by atoms with van der Waals surface area (Å²) in [4.78, 5) is 0.0180. The quantitative estimate of drug-likeness (QED) is 0.651. The number of sulfonamides is 1. The third kappa shape index (κ3) is 5.12. The van der Waals surface area contributed by atoms with Gasteiger partial charge in [-0.1, -0.05) is 11.6 Å². The summed E-state index contributed by atoms with van der Waals surface area (Å²) in [5.74, 6) is 0. The van der Waals surface area contributed by atoms with Crippen molar-refractivity contribution in [3.63, 3.8) is 0 Å². The highest BCUT2D eigenvalue weighted by molar-refractivity contribution is 7.89. The van der Waals surface area contributed by atoms with Crippen molar-refractivity contribution in [1.29, 1.82) is 0 Å². The van der Waals surface area contributed by atoms with Crippen molar-refractivity contribution < 1.29 is 18.3 Å². The third-order valence-electron chi connectivity index (χ3n) is 3.05. The van der Waals surface area contributed by atoms with E-state index in [-0.39, 0.29) is 17.1 Å². The normalized spacial score (nSPS) is 14.9. The van der Waals surface area contributed by atoms with Gasteiger partial charge in [0.15, 0.2) is 0 Å². The largest absolute Gasteiger partial charge is 0.397 e. The second-order valence-corrected chi connectivity index (χ2v) is 7.35. The Balaban J connectivity index is 2.88. The molecule has 0 heterocycles. The van der Waals surface area contributed by atoms with Crippen molar-refractivity contribution in [3.05, 3.63) is 22.7 Å². The molecule has 0 fully saturated rings. The highest BCUT2D eigenvalue weighted by Gasteiger charge is 2.24. The molecule has 6 nitrogen and oxygen atoms in total. The Bertz CT molecular complexity index is 579. The van der Waals surface area contributed by atoms with Crippen LogP contribution in [0.2, 0.25) is 5.02 Å². The first kappa shape index (κ1) is 18.2. The average Bonchev–Trinajstić information content (AvgIpc) is 2.40. The maximum atomic E-state index is 12.2. The number of aryl methyl sites for hydroxylation is 1. The van der Waals surface area contributed by atoms with Crippen LogP contribution in [0.5, 0.6) is 0 Å². The minimum absolute atomic E-state index is 0.0180. The number of nitrogens with one attached hydrogen (secondary N) is 1. The van der Waals surface area contributed by atoms with Crippen LogP contribution in [0.4, 0.5) is 5.69 Å². The molecule has 0 bridgehead atoms. The maximum Gasteiger partial charge on any atom is 0.240 e. The number of hydrogen-bond acceptors (Lipinski definition) is 5. The SMILES string of the molecule is COCCC(C)(O)CNS(=O)(=O)c1cc(C)c(Cl)c(N)c1. The first-order valence-electron chi connectivity index (χ1n) is 6.36. The van der Waals surface area contributed by atoms with E-state index in [9.17, 15) is 13.5 Å². The van der Waals surface area contributed by atoms with E-state index < -0.39 is 15.6 Å². The van der Waals surface area contributed by atoms with Gasteiger partial charge >= 0.3 is 0 Å². The molecule has 1 unspecified atom stereocenters. The van der Waals surface area contributed by atoms with Crippen molar-refractivity contribution in [2.45, 2.75) is 30.8 Å². The second kappa shape index (κ2) is 6.93. The van der Waals surface area contributed by atoms with Gasteiger partial charge in [0, 0.05) is 26.7 Å². The lowest BCUT2D eigenvalue weighted by Gasteiger charge is -2.23. The Labute approximate surface area is 130 Å². The molecule has 4 N–H and O–H groups in total. The first-order chi connectivity index (χ1) is 9.59. The maximum absolute atomic E-state index is 12.2. The van der Waals surface area contributed by atoms with Crippen LogP contribution in [0.1, 0.15) is 18.9 Å². The van der Waals surface area contributed by atoms with Crippen LogP contribution >= 0.6 is 11.6 Å². The van der Waals surface area contributed by atoms with Crippen molar-refractivity contribution >= 4 is 27.3 Å². The molecule has 0 aliphatic rings. The number of anilines is 1. The van der Waals surface area contributed by atoms with Crippen molar-refractivity contribution in [3.8, 4) is 0 Å². The molecule has 0 amide bonds. The van der Waals surface area contributed by atoms with Gasteiger partial charge in [0.2, 0.25) is 10.0 Å². The van der Waals surface area contributed by atoms with E-state index in [1.54, 1.807) is 6.92 Å². The lowest BCUT2D eigenvalue weighted by Crippen LogP contribution is -2.41. The van der Waals surface area contributed by atoms with Gasteiger partial charge in [-0.3, -0.25) is 0 Å². The van der Waals surface area contributed by atoms with Crippen LogP contribution < -0.4 is 10.5 Å². The van der Waals surface area contributed by atoms with Gasteiger partial charge in [-0.2, -0.15) is 0 Å². The fourth-order valence-corrected chi connectivity index (χ4v) is 3.05. The predicted molar refractivity (Wildman–Crippen MR) is 82.9 cm³/mol. The third-order valence-corrected chi connectivity index (χ3v) is 4.95. The fourth-order valence-electron chi connectivity index (χ4n) is 1.66. The Kier molecular flexibility index (Phi) is 6.01. The fraction of sp³-hybridized carbons (Fsp3) is 0.538. The zero-order valence-corrected chi connectivity index (χ0v) is 13.9. The van der Waals surface area contributed by atoms with Crippen LogP contribution in [-0.2, 0) is 14.8 Å². The molecule has 0 saturated heterocycles. The molecule has 120 valence electrons. The van der Waals surface area contributed by atoms with Crippen LogP contribution in [0.3, 0.4) is 0 Å². The van der Waals surface area contributed by atoms with E-state index in [1.807, 2.05) is 0 Å². The monoisotopic (exact) mass is 336 g/mol. The zero-order chi connectivity index (χ0) is 16.3. The van der Waals surface area contributed by atoms with E-state index in [2.05, 4.69) is 4.72 Å². The molecule has 0 aromatic heterocycles. The standard InChI is InChI=1S/C13H21ClN2O4S/c1-9-6-10(7-11(15)12(9)14)21(18,19)16-8-13(2,17)4-5-20-3/h6-7,16-17H,4-5,8,15H2,1-3H3. The zero-order valence-electron chi connectivity index (χ0n) is 12.3. The summed E-state index contributed by atoms with van der Waals surface area (Å²) < 4.78 is 31.7. The minimum Gasteiger partial charge on any atom is -0.397 e. The second-order valence-electron chi connectivity index (χ2n) is 5.21.